The van der Waals surface area contributed by atoms with Gasteiger partial charge in [0.15, 0.2) is 0 Å². The average Bonchev–Trinajstić information content (AvgIpc) is 2.83. The van der Waals surface area contributed by atoms with Gasteiger partial charge in [0.05, 0.1) is 28.3 Å². The number of piperazine rings is 1. The van der Waals surface area contributed by atoms with Crippen molar-refractivity contribution in [2.45, 2.75) is 65.4 Å². The summed E-state index contributed by atoms with van der Waals surface area (Å²) in [7, 11) is -3.77. The molecule has 1 heterocycles. The number of nitrogens with zero attached hydrogens (tertiary/aromatic N) is 3. The Balaban J connectivity index is 0.000000604. The molecule has 1 N–H and O–H groups in total. The quantitative estimate of drug-likeness (QED) is 0.536. The van der Waals surface area contributed by atoms with E-state index in [1.807, 2.05) is 23.1 Å². The molecule has 2 aromatic carbocycles. The molecule has 1 aliphatic heterocycles. The summed E-state index contributed by atoms with van der Waals surface area (Å²) in [4.78, 5) is 14.4. The number of aryl methyl sites for hydroxylation is 2. The molecule has 202 valence electrons. The van der Waals surface area contributed by atoms with Crippen LogP contribution in [0, 0.1) is 25.2 Å². The highest BCUT2D eigenvalue weighted by atomic mass is 32.2. The first-order valence-corrected chi connectivity index (χ1v) is 14.1. The monoisotopic (exact) mass is 528 g/mol. The lowest BCUT2D eigenvalue weighted by Gasteiger charge is -2.36. The Morgan fingerprint density at radius 1 is 1.03 bits per heavy atom. The molecule has 0 bridgehead atoms. The van der Waals surface area contributed by atoms with Gasteiger partial charge in [-0.1, -0.05) is 45.9 Å². The molecule has 3 rings (SSSR count). The fourth-order valence-electron chi connectivity index (χ4n) is 4.36. The number of nitrogens with one attached hydrogen (secondary N) is 1. The van der Waals surface area contributed by atoms with E-state index in [0.29, 0.717) is 55.0 Å². The third-order valence-electron chi connectivity index (χ3n) is 5.91. The molecular weight excluding hydrogens is 488 g/mol. The Hall–Kier alpha value is -2.93. The summed E-state index contributed by atoms with van der Waals surface area (Å²) in [6.45, 7) is 15.6. The number of nitriles is 1. The van der Waals surface area contributed by atoms with Crippen LogP contribution in [0.3, 0.4) is 0 Å². The lowest BCUT2D eigenvalue weighted by atomic mass is 10.1. The Labute approximate surface area is 222 Å². The van der Waals surface area contributed by atoms with Gasteiger partial charge in [-0.15, -0.1) is 0 Å². The van der Waals surface area contributed by atoms with Crippen LogP contribution >= 0.6 is 0 Å². The van der Waals surface area contributed by atoms with Crippen molar-refractivity contribution in [1.29, 1.82) is 5.26 Å². The van der Waals surface area contributed by atoms with E-state index in [1.54, 1.807) is 32.9 Å². The number of anilines is 1. The van der Waals surface area contributed by atoms with Crippen molar-refractivity contribution in [1.82, 2.24) is 9.62 Å². The van der Waals surface area contributed by atoms with Crippen molar-refractivity contribution in [2.24, 2.45) is 0 Å². The smallest absolute Gasteiger partial charge is 0.338 e. The molecule has 0 spiro atoms. The van der Waals surface area contributed by atoms with E-state index in [-0.39, 0.29) is 17.1 Å². The zero-order valence-electron chi connectivity index (χ0n) is 23.0. The van der Waals surface area contributed by atoms with E-state index in [4.69, 9.17) is 4.74 Å². The van der Waals surface area contributed by atoms with E-state index >= 15 is 0 Å². The van der Waals surface area contributed by atoms with Crippen LogP contribution in [0.4, 0.5) is 5.69 Å². The third kappa shape index (κ3) is 8.03. The number of rotatable bonds is 7. The largest absolute Gasteiger partial charge is 0.462 e. The highest BCUT2D eigenvalue weighted by Crippen LogP contribution is 2.27. The molecule has 0 saturated carbocycles. The number of sulfonamides is 1. The van der Waals surface area contributed by atoms with E-state index < -0.39 is 16.0 Å². The number of carbonyl (C=O) groups is 1. The summed E-state index contributed by atoms with van der Waals surface area (Å²) in [6.07, 6.45) is 0. The number of hydrogen-bond acceptors (Lipinski definition) is 7. The molecule has 0 atom stereocenters. The normalized spacial score (nSPS) is 14.2. The number of esters is 1. The Morgan fingerprint density at radius 3 is 2.14 bits per heavy atom. The molecule has 0 aromatic heterocycles. The lowest BCUT2D eigenvalue weighted by Crippen LogP contribution is -2.49. The van der Waals surface area contributed by atoms with Crippen LogP contribution in [0.2, 0.25) is 0 Å². The predicted octanol–water partition coefficient (Wildman–Crippen LogP) is 4.26. The van der Waals surface area contributed by atoms with Gasteiger partial charge in [0.2, 0.25) is 10.0 Å². The first-order valence-electron chi connectivity index (χ1n) is 12.7. The van der Waals surface area contributed by atoms with Crippen molar-refractivity contribution in [2.75, 3.05) is 37.7 Å². The molecule has 8 nitrogen and oxygen atoms in total. The molecule has 37 heavy (non-hydrogen) atoms. The van der Waals surface area contributed by atoms with Crippen molar-refractivity contribution in [3.63, 3.8) is 0 Å². The first kappa shape index (κ1) is 30.3. The maximum atomic E-state index is 13.3. The average molecular weight is 529 g/mol. The second-order valence-corrected chi connectivity index (χ2v) is 11.6. The summed E-state index contributed by atoms with van der Waals surface area (Å²) in [5.74, 6) is -0.524. The minimum Gasteiger partial charge on any atom is -0.462 e. The molecular formula is C28H40N4O4S. The second-order valence-electron chi connectivity index (χ2n) is 9.65. The number of carbonyl (C=O) groups excluding carboxylic acids is 1. The molecule has 0 aliphatic carbocycles. The van der Waals surface area contributed by atoms with Crippen molar-refractivity contribution in [3.05, 3.63) is 58.7 Å². The minimum absolute atomic E-state index is 0.127. The zero-order valence-corrected chi connectivity index (χ0v) is 23.9. The molecule has 9 heteroatoms. The van der Waals surface area contributed by atoms with Crippen molar-refractivity contribution >= 4 is 21.7 Å². The number of benzene rings is 2. The van der Waals surface area contributed by atoms with Gasteiger partial charge < -0.3 is 15.0 Å². The Kier molecular flexibility index (Phi) is 11.1. The third-order valence-corrected chi connectivity index (χ3v) is 7.95. The summed E-state index contributed by atoms with van der Waals surface area (Å²) in [5, 5.41) is 12.6. The fourth-order valence-corrected chi connectivity index (χ4v) is 6.01. The molecule has 0 amide bonds. The maximum absolute atomic E-state index is 13.3. The van der Waals surface area contributed by atoms with Gasteiger partial charge in [-0.25, -0.2) is 13.2 Å². The molecule has 1 saturated heterocycles. The first-order chi connectivity index (χ1) is 17.4. The number of para-hydroxylation sites is 1. The minimum atomic E-state index is -3.77. The molecule has 2 aromatic rings. The lowest BCUT2D eigenvalue weighted by molar-refractivity contribution is 0.0525. The molecule has 1 fully saturated rings. The summed E-state index contributed by atoms with van der Waals surface area (Å²) in [6, 6.07) is 13.9. The van der Waals surface area contributed by atoms with E-state index in [0.717, 1.165) is 5.69 Å². The van der Waals surface area contributed by atoms with Crippen LogP contribution in [-0.4, -0.2) is 63.6 Å². The summed E-state index contributed by atoms with van der Waals surface area (Å²) in [5.41, 5.74) is 2.93. The highest BCUT2D eigenvalue weighted by Gasteiger charge is 2.31. The second kappa shape index (κ2) is 13.6. The fraction of sp³-hybridized carbons (Fsp3) is 0.500. The molecule has 0 radical (unpaired) electrons. The maximum Gasteiger partial charge on any atom is 0.338 e. The Morgan fingerprint density at radius 2 is 1.62 bits per heavy atom. The van der Waals surface area contributed by atoms with Crippen LogP contribution in [0.15, 0.2) is 41.3 Å². The van der Waals surface area contributed by atoms with Crippen LogP contribution in [0.5, 0.6) is 0 Å². The van der Waals surface area contributed by atoms with Gasteiger partial charge in [0.25, 0.3) is 0 Å². The van der Waals surface area contributed by atoms with Gasteiger partial charge in [0, 0.05) is 38.3 Å². The summed E-state index contributed by atoms with van der Waals surface area (Å²) < 4.78 is 33.1. The van der Waals surface area contributed by atoms with Crippen molar-refractivity contribution < 1.29 is 17.9 Å². The number of ether oxygens (including phenoxy) is 1. The van der Waals surface area contributed by atoms with Crippen molar-refractivity contribution in [3.8, 4) is 6.07 Å². The van der Waals surface area contributed by atoms with Crippen LogP contribution in [0.1, 0.15) is 61.7 Å². The van der Waals surface area contributed by atoms with Gasteiger partial charge in [0.1, 0.15) is 6.07 Å². The molecule has 0 unspecified atom stereocenters. The molecule has 1 aliphatic rings. The van der Waals surface area contributed by atoms with Crippen LogP contribution in [-0.2, 0) is 14.8 Å². The van der Waals surface area contributed by atoms with E-state index in [9.17, 15) is 18.5 Å². The van der Waals surface area contributed by atoms with Gasteiger partial charge in [-0.05, 0) is 50.1 Å². The summed E-state index contributed by atoms with van der Waals surface area (Å²) >= 11 is 0. The SMILES string of the molecule is CC(C)NC(C)C.CCOC(=O)c1cc(S(=O)(=O)N2CCN(c3ccccc3C#N)CC2)c(C)cc1C. The standard InChI is InChI=1S/C22H25N3O4S.C6H15N/c1-4-29-22(26)19-14-21(17(3)13-16(19)2)30(27,28)25-11-9-24(10-12-25)20-8-6-5-7-18(20)15-23;1-5(2)7-6(3)4/h5-8,13-14H,4,9-12H2,1-3H3;5-7H,1-4H3. The van der Waals surface area contributed by atoms with Gasteiger partial charge in [-0.3, -0.25) is 0 Å². The highest BCUT2D eigenvalue weighted by molar-refractivity contribution is 7.89. The van der Waals surface area contributed by atoms with E-state index in [2.05, 4.69) is 39.1 Å². The Bertz CT molecular complexity index is 1210. The van der Waals surface area contributed by atoms with Gasteiger partial charge >= 0.3 is 5.97 Å². The van der Waals surface area contributed by atoms with Gasteiger partial charge in [-0.2, -0.15) is 9.57 Å². The zero-order chi connectivity index (χ0) is 27.8. The van der Waals surface area contributed by atoms with E-state index in [1.165, 1.54) is 10.4 Å². The number of hydrogen-bond donors (Lipinski definition) is 1. The van der Waals surface area contributed by atoms with Crippen LogP contribution in [0.25, 0.3) is 0 Å². The van der Waals surface area contributed by atoms with Crippen LogP contribution < -0.4 is 10.2 Å². The topological polar surface area (TPSA) is 103 Å². The predicted molar refractivity (Wildman–Crippen MR) is 147 cm³/mol.